The summed E-state index contributed by atoms with van der Waals surface area (Å²) in [6, 6.07) is 36.7. The summed E-state index contributed by atoms with van der Waals surface area (Å²) in [5, 5.41) is 2.35. The third-order valence-electron chi connectivity index (χ3n) is 5.63. The molecule has 32 heavy (non-hydrogen) atoms. The Hall–Kier alpha value is -4.44. The van der Waals surface area contributed by atoms with Gasteiger partial charge in [-0.25, -0.2) is 0 Å². The molecule has 0 aromatic heterocycles. The Labute approximate surface area is 187 Å². The lowest BCUT2D eigenvalue weighted by Gasteiger charge is -2.27. The Kier molecular flexibility index (Phi) is 4.88. The normalized spacial score (nSPS) is 10.9. The van der Waals surface area contributed by atoms with Crippen molar-refractivity contribution in [2.75, 3.05) is 22.1 Å². The molecule has 4 heteroatoms. The van der Waals surface area contributed by atoms with E-state index < -0.39 is 0 Å². The molecular weight excluding hydrogens is 392 g/mol. The van der Waals surface area contributed by atoms with Crippen molar-refractivity contribution in [3.05, 3.63) is 109 Å². The first-order chi connectivity index (χ1) is 15.6. The van der Waals surface area contributed by atoms with Crippen LogP contribution < -0.4 is 22.1 Å². The lowest BCUT2D eigenvalue weighted by atomic mass is 9.96. The van der Waals surface area contributed by atoms with E-state index in [-0.39, 0.29) is 0 Å². The number of nitrogen functional groups attached to an aromatic ring is 3. The molecule has 0 spiro atoms. The molecule has 0 radical (unpaired) electrons. The highest BCUT2D eigenvalue weighted by Crippen LogP contribution is 2.40. The first kappa shape index (κ1) is 19.5. The van der Waals surface area contributed by atoms with Gasteiger partial charge in [0.25, 0.3) is 0 Å². The second kappa shape index (κ2) is 8.00. The Morgan fingerprint density at radius 3 is 1.53 bits per heavy atom. The predicted molar refractivity (Wildman–Crippen MR) is 137 cm³/mol. The van der Waals surface area contributed by atoms with Crippen molar-refractivity contribution in [1.29, 1.82) is 0 Å². The summed E-state index contributed by atoms with van der Waals surface area (Å²) in [5.41, 5.74) is 25.4. The van der Waals surface area contributed by atoms with Crippen LogP contribution in [0.3, 0.4) is 0 Å². The fourth-order valence-electron chi connectivity index (χ4n) is 4.02. The van der Waals surface area contributed by atoms with Crippen molar-refractivity contribution >= 4 is 44.9 Å². The van der Waals surface area contributed by atoms with Crippen molar-refractivity contribution in [3.63, 3.8) is 0 Å². The van der Waals surface area contributed by atoms with Gasteiger partial charge in [-0.05, 0) is 94.7 Å². The minimum absolute atomic E-state index is 0.729. The summed E-state index contributed by atoms with van der Waals surface area (Å²) in [6.07, 6.45) is 0. The third kappa shape index (κ3) is 3.70. The highest BCUT2D eigenvalue weighted by molar-refractivity contribution is 6.01. The van der Waals surface area contributed by atoms with Crippen molar-refractivity contribution in [3.8, 4) is 11.1 Å². The van der Waals surface area contributed by atoms with Gasteiger partial charge >= 0.3 is 0 Å². The number of benzene rings is 5. The van der Waals surface area contributed by atoms with Gasteiger partial charge in [0.05, 0.1) is 0 Å². The van der Waals surface area contributed by atoms with Crippen LogP contribution in [0.5, 0.6) is 0 Å². The van der Waals surface area contributed by atoms with Crippen LogP contribution in [0.4, 0.5) is 34.1 Å². The number of hydrogen-bond donors (Lipinski definition) is 3. The fourth-order valence-corrected chi connectivity index (χ4v) is 4.02. The second-order valence-electron chi connectivity index (χ2n) is 7.85. The maximum atomic E-state index is 5.97. The lowest BCUT2D eigenvalue weighted by molar-refractivity contribution is 1.29. The molecule has 0 fully saturated rings. The maximum Gasteiger partial charge on any atom is 0.0474 e. The summed E-state index contributed by atoms with van der Waals surface area (Å²) >= 11 is 0. The van der Waals surface area contributed by atoms with Gasteiger partial charge in [0, 0.05) is 34.1 Å². The minimum Gasteiger partial charge on any atom is -0.399 e. The van der Waals surface area contributed by atoms with Crippen LogP contribution in [-0.2, 0) is 0 Å². The first-order valence-corrected chi connectivity index (χ1v) is 10.5. The van der Waals surface area contributed by atoms with E-state index in [1.54, 1.807) is 0 Å². The molecule has 0 bridgehead atoms. The number of nitrogens with zero attached hydrogens (tertiary/aromatic N) is 1. The van der Waals surface area contributed by atoms with E-state index >= 15 is 0 Å². The minimum atomic E-state index is 0.729. The van der Waals surface area contributed by atoms with Gasteiger partial charge < -0.3 is 22.1 Å². The van der Waals surface area contributed by atoms with E-state index in [0.29, 0.717) is 0 Å². The molecule has 0 saturated carbocycles. The molecular formula is C28H24N4. The molecule has 4 nitrogen and oxygen atoms in total. The van der Waals surface area contributed by atoms with Gasteiger partial charge in [0.1, 0.15) is 0 Å². The molecule has 5 aromatic rings. The van der Waals surface area contributed by atoms with E-state index in [1.807, 2.05) is 60.7 Å². The zero-order valence-corrected chi connectivity index (χ0v) is 17.6. The molecule has 0 aliphatic carbocycles. The molecule has 0 aliphatic rings. The predicted octanol–water partition coefficient (Wildman–Crippen LogP) is 6.72. The summed E-state index contributed by atoms with van der Waals surface area (Å²) in [6.45, 7) is 0. The molecule has 5 rings (SSSR count). The summed E-state index contributed by atoms with van der Waals surface area (Å²) in [5.74, 6) is 0. The molecule has 0 unspecified atom stereocenters. The van der Waals surface area contributed by atoms with Crippen LogP contribution in [0.1, 0.15) is 0 Å². The van der Waals surface area contributed by atoms with Crippen LogP contribution in [0.2, 0.25) is 0 Å². The van der Waals surface area contributed by atoms with Gasteiger partial charge in [-0.15, -0.1) is 0 Å². The molecule has 0 amide bonds. The van der Waals surface area contributed by atoms with E-state index in [1.165, 1.54) is 5.39 Å². The van der Waals surface area contributed by atoms with E-state index in [2.05, 4.69) is 53.4 Å². The molecule has 156 valence electrons. The van der Waals surface area contributed by atoms with Crippen LogP contribution in [-0.4, -0.2) is 0 Å². The summed E-state index contributed by atoms with van der Waals surface area (Å²) in [4.78, 5) is 2.21. The van der Waals surface area contributed by atoms with E-state index in [0.717, 1.165) is 50.6 Å². The van der Waals surface area contributed by atoms with Gasteiger partial charge in [-0.1, -0.05) is 36.4 Å². The molecule has 0 saturated heterocycles. The Balaban J connectivity index is 1.76. The zero-order chi connectivity index (χ0) is 22.1. The zero-order valence-electron chi connectivity index (χ0n) is 17.6. The topological polar surface area (TPSA) is 81.3 Å². The lowest BCUT2D eigenvalue weighted by Crippen LogP contribution is -2.10. The molecule has 0 aliphatic heterocycles. The number of rotatable bonds is 4. The Morgan fingerprint density at radius 2 is 0.969 bits per heavy atom. The van der Waals surface area contributed by atoms with Gasteiger partial charge in [0.2, 0.25) is 0 Å². The Bertz CT molecular complexity index is 1330. The summed E-state index contributed by atoms with van der Waals surface area (Å²) < 4.78 is 0. The smallest absolute Gasteiger partial charge is 0.0474 e. The van der Waals surface area contributed by atoms with Crippen LogP contribution in [0.15, 0.2) is 109 Å². The van der Waals surface area contributed by atoms with Crippen molar-refractivity contribution in [2.45, 2.75) is 0 Å². The quantitative estimate of drug-likeness (QED) is 0.284. The molecule has 0 heterocycles. The standard InChI is InChI=1S/C28H24N4/c29-21-7-5-19(6-8-21)28-18-26(17-20-3-1-2-4-27(20)28)32(24-13-9-22(30)10-14-24)25-15-11-23(31)12-16-25/h1-18H,29-31H2. The highest BCUT2D eigenvalue weighted by atomic mass is 15.1. The van der Waals surface area contributed by atoms with Crippen LogP contribution in [0, 0.1) is 0 Å². The van der Waals surface area contributed by atoms with Crippen molar-refractivity contribution in [1.82, 2.24) is 0 Å². The van der Waals surface area contributed by atoms with Gasteiger partial charge in [0.15, 0.2) is 0 Å². The third-order valence-corrected chi connectivity index (χ3v) is 5.63. The largest absolute Gasteiger partial charge is 0.399 e. The molecule has 0 atom stereocenters. The average molecular weight is 417 g/mol. The average Bonchev–Trinajstić information content (AvgIpc) is 2.82. The number of anilines is 6. The van der Waals surface area contributed by atoms with Gasteiger partial charge in [-0.3, -0.25) is 0 Å². The SMILES string of the molecule is Nc1ccc(-c2cc(N(c3ccc(N)cc3)c3ccc(N)cc3)cc3ccccc23)cc1. The highest BCUT2D eigenvalue weighted by Gasteiger charge is 2.15. The monoisotopic (exact) mass is 416 g/mol. The van der Waals surface area contributed by atoms with Crippen LogP contribution in [0.25, 0.3) is 21.9 Å². The number of hydrogen-bond acceptors (Lipinski definition) is 4. The number of nitrogens with two attached hydrogens (primary N) is 3. The summed E-state index contributed by atoms with van der Waals surface area (Å²) in [7, 11) is 0. The van der Waals surface area contributed by atoms with Crippen molar-refractivity contribution in [2.24, 2.45) is 0 Å². The van der Waals surface area contributed by atoms with E-state index in [4.69, 9.17) is 17.2 Å². The maximum absolute atomic E-state index is 5.97. The van der Waals surface area contributed by atoms with E-state index in [9.17, 15) is 0 Å². The van der Waals surface area contributed by atoms with Crippen molar-refractivity contribution < 1.29 is 0 Å². The Morgan fingerprint density at radius 1 is 0.469 bits per heavy atom. The molecule has 5 aromatic carbocycles. The van der Waals surface area contributed by atoms with Gasteiger partial charge in [-0.2, -0.15) is 0 Å². The second-order valence-corrected chi connectivity index (χ2v) is 7.85. The van der Waals surface area contributed by atoms with Crippen LogP contribution >= 0.6 is 0 Å². The number of fused-ring (bicyclic) bond motifs is 1. The fraction of sp³-hybridized carbons (Fsp3) is 0. The first-order valence-electron chi connectivity index (χ1n) is 10.5. The molecule has 6 N–H and O–H groups in total.